The summed E-state index contributed by atoms with van der Waals surface area (Å²) >= 11 is 0. The van der Waals surface area contributed by atoms with Gasteiger partial charge in [-0.05, 0) is 19.1 Å². The molecule has 1 aromatic heterocycles. The van der Waals surface area contributed by atoms with Crippen molar-refractivity contribution in [2.75, 3.05) is 0 Å². The molecule has 0 bridgehead atoms. The monoisotopic (exact) mass is 276 g/mol. The van der Waals surface area contributed by atoms with E-state index in [1.54, 1.807) is 0 Å². The number of carbonyl (C=O) groups excluding carboxylic acids is 1. The van der Waals surface area contributed by atoms with Gasteiger partial charge in [0, 0.05) is 18.9 Å². The second kappa shape index (κ2) is 3.98. The largest absolute Gasteiger partial charge is 0.442 e. The van der Waals surface area contributed by atoms with Gasteiger partial charge in [-0.25, -0.2) is 5.01 Å². The van der Waals surface area contributed by atoms with Crippen LogP contribution in [0.25, 0.3) is 0 Å². The van der Waals surface area contributed by atoms with Gasteiger partial charge in [-0.1, -0.05) is 0 Å². The summed E-state index contributed by atoms with van der Waals surface area (Å²) in [4.78, 5) is 12.0. The standard InChI is InChI=1S/C10H11F3N4O2/c1-6-5-9(19,10(11,12)13)17(14-6)8(18)7-3-4-16(2)15-7/h3-5,14,19H,1-2H3. The molecule has 0 fully saturated rings. The van der Waals surface area contributed by atoms with Crippen LogP contribution in [0.4, 0.5) is 13.2 Å². The molecule has 1 amide bonds. The van der Waals surface area contributed by atoms with Gasteiger partial charge in [0.2, 0.25) is 0 Å². The zero-order chi connectivity index (χ0) is 14.4. The molecule has 2 heterocycles. The molecule has 1 aromatic rings. The fourth-order valence-electron chi connectivity index (χ4n) is 1.72. The van der Waals surface area contributed by atoms with Gasteiger partial charge in [-0.3, -0.25) is 14.9 Å². The number of nitrogens with one attached hydrogen (secondary N) is 1. The maximum absolute atomic E-state index is 12.9. The highest BCUT2D eigenvalue weighted by Gasteiger charge is 2.61. The van der Waals surface area contributed by atoms with Gasteiger partial charge in [-0.2, -0.15) is 18.3 Å². The van der Waals surface area contributed by atoms with Crippen LogP contribution >= 0.6 is 0 Å². The lowest BCUT2D eigenvalue weighted by Crippen LogP contribution is -2.60. The number of aromatic nitrogens is 2. The highest BCUT2D eigenvalue weighted by Crippen LogP contribution is 2.38. The summed E-state index contributed by atoms with van der Waals surface area (Å²) in [5.74, 6) is -1.08. The van der Waals surface area contributed by atoms with E-state index in [4.69, 9.17) is 0 Å². The van der Waals surface area contributed by atoms with E-state index >= 15 is 0 Å². The van der Waals surface area contributed by atoms with Gasteiger partial charge < -0.3 is 5.11 Å². The fourth-order valence-corrected chi connectivity index (χ4v) is 1.72. The molecule has 1 unspecified atom stereocenters. The highest BCUT2D eigenvalue weighted by molar-refractivity contribution is 5.93. The van der Waals surface area contributed by atoms with Crippen molar-refractivity contribution in [3.05, 3.63) is 29.7 Å². The minimum absolute atomic E-state index is 0.0177. The first kappa shape index (κ1) is 13.4. The number of nitrogens with zero attached hydrogens (tertiary/aromatic N) is 3. The summed E-state index contributed by atoms with van der Waals surface area (Å²) in [6.07, 6.45) is -3.08. The van der Waals surface area contributed by atoms with Crippen molar-refractivity contribution in [1.82, 2.24) is 20.2 Å². The minimum atomic E-state index is -5.03. The summed E-state index contributed by atoms with van der Waals surface area (Å²) in [5.41, 5.74) is -1.39. The molecule has 0 saturated heterocycles. The summed E-state index contributed by atoms with van der Waals surface area (Å²) in [5, 5.41) is 13.5. The molecule has 0 saturated carbocycles. The maximum atomic E-state index is 12.9. The van der Waals surface area contributed by atoms with Crippen LogP contribution in [0.1, 0.15) is 17.4 Å². The molecule has 104 valence electrons. The van der Waals surface area contributed by atoms with E-state index in [9.17, 15) is 23.1 Å². The molecule has 9 heteroatoms. The van der Waals surface area contributed by atoms with Crippen LogP contribution in [-0.4, -0.2) is 37.7 Å². The summed E-state index contributed by atoms with van der Waals surface area (Å²) in [6.45, 7) is 1.31. The van der Waals surface area contributed by atoms with E-state index in [0.29, 0.717) is 6.08 Å². The SMILES string of the molecule is CC1=CC(O)(C(F)(F)F)N(C(=O)c2ccn(C)n2)N1. The molecule has 2 N–H and O–H groups in total. The number of halogens is 3. The Balaban J connectivity index is 2.37. The number of aliphatic hydroxyl groups is 1. The number of hydrazine groups is 1. The maximum Gasteiger partial charge on any atom is 0.442 e. The second-order valence-corrected chi connectivity index (χ2v) is 4.18. The Morgan fingerprint density at radius 3 is 2.63 bits per heavy atom. The molecule has 6 nitrogen and oxygen atoms in total. The van der Waals surface area contributed by atoms with Crippen molar-refractivity contribution >= 4 is 5.91 Å². The molecule has 1 aliphatic rings. The Labute approximate surface area is 106 Å². The number of hydrogen-bond donors (Lipinski definition) is 2. The van der Waals surface area contributed by atoms with Crippen molar-refractivity contribution in [3.63, 3.8) is 0 Å². The van der Waals surface area contributed by atoms with Crippen LogP contribution < -0.4 is 5.43 Å². The second-order valence-electron chi connectivity index (χ2n) is 4.18. The molecule has 2 rings (SSSR count). The van der Waals surface area contributed by atoms with Crippen molar-refractivity contribution in [1.29, 1.82) is 0 Å². The zero-order valence-corrected chi connectivity index (χ0v) is 10.1. The van der Waals surface area contributed by atoms with Crippen LogP contribution in [0.3, 0.4) is 0 Å². The normalized spacial score (nSPS) is 23.3. The van der Waals surface area contributed by atoms with Crippen molar-refractivity contribution < 1.29 is 23.1 Å². The van der Waals surface area contributed by atoms with Gasteiger partial charge in [0.15, 0.2) is 5.69 Å². The van der Waals surface area contributed by atoms with Gasteiger partial charge in [-0.15, -0.1) is 0 Å². The van der Waals surface area contributed by atoms with Crippen LogP contribution in [0.5, 0.6) is 0 Å². The molecule has 19 heavy (non-hydrogen) atoms. The Bertz CT molecular complexity index is 551. The fraction of sp³-hybridized carbons (Fsp3) is 0.400. The number of allylic oxidation sites excluding steroid dienone is 1. The van der Waals surface area contributed by atoms with Crippen molar-refractivity contribution in [3.8, 4) is 0 Å². The van der Waals surface area contributed by atoms with Crippen LogP contribution in [0.15, 0.2) is 24.0 Å². The van der Waals surface area contributed by atoms with Gasteiger partial charge >= 0.3 is 6.18 Å². The van der Waals surface area contributed by atoms with Crippen molar-refractivity contribution in [2.24, 2.45) is 7.05 Å². The topological polar surface area (TPSA) is 70.4 Å². The molecular weight excluding hydrogens is 265 g/mol. The number of alkyl halides is 3. The third kappa shape index (κ3) is 2.05. The Morgan fingerprint density at radius 2 is 2.16 bits per heavy atom. The van der Waals surface area contributed by atoms with Gasteiger partial charge in [0.05, 0.1) is 0 Å². The molecular formula is C10H11F3N4O2. The number of rotatable bonds is 1. The third-order valence-electron chi connectivity index (χ3n) is 2.60. The predicted molar refractivity (Wildman–Crippen MR) is 57.3 cm³/mol. The van der Waals surface area contributed by atoms with Gasteiger partial charge in [0.1, 0.15) is 0 Å². The van der Waals surface area contributed by atoms with Crippen molar-refractivity contribution in [2.45, 2.75) is 18.8 Å². The number of carbonyl (C=O) groups is 1. The first-order valence-corrected chi connectivity index (χ1v) is 5.24. The smallest absolute Gasteiger partial charge is 0.359 e. The first-order chi connectivity index (χ1) is 8.65. The van der Waals surface area contributed by atoms with Gasteiger partial charge in [0.25, 0.3) is 11.6 Å². The van der Waals surface area contributed by atoms with E-state index < -0.39 is 17.8 Å². The van der Waals surface area contributed by atoms with Crippen LogP contribution in [0.2, 0.25) is 0 Å². The third-order valence-corrected chi connectivity index (χ3v) is 2.60. The minimum Gasteiger partial charge on any atom is -0.359 e. The first-order valence-electron chi connectivity index (χ1n) is 5.24. The molecule has 1 aliphatic heterocycles. The Hall–Kier alpha value is -2.03. The van der Waals surface area contributed by atoms with E-state index in [1.807, 2.05) is 0 Å². The quantitative estimate of drug-likeness (QED) is 0.785. The Morgan fingerprint density at radius 1 is 1.53 bits per heavy atom. The molecule has 1 atom stereocenters. The lowest BCUT2D eigenvalue weighted by Gasteiger charge is -2.33. The number of aryl methyl sites for hydroxylation is 1. The summed E-state index contributed by atoms with van der Waals surface area (Å²) < 4.78 is 40.0. The summed E-state index contributed by atoms with van der Waals surface area (Å²) in [6, 6.07) is 1.26. The predicted octanol–water partition coefficient (Wildman–Crippen LogP) is 0.535. The molecule has 0 radical (unpaired) electrons. The van der Waals surface area contributed by atoms with E-state index in [-0.39, 0.29) is 16.4 Å². The lowest BCUT2D eigenvalue weighted by atomic mass is 10.2. The molecule has 0 aromatic carbocycles. The summed E-state index contributed by atoms with van der Waals surface area (Å²) in [7, 11) is 1.52. The molecule has 0 aliphatic carbocycles. The average Bonchev–Trinajstić information content (AvgIpc) is 2.81. The Kier molecular flexibility index (Phi) is 2.81. The van der Waals surface area contributed by atoms with E-state index in [2.05, 4.69) is 10.5 Å². The van der Waals surface area contributed by atoms with E-state index in [0.717, 1.165) is 0 Å². The van der Waals surface area contributed by atoms with E-state index in [1.165, 1.54) is 30.9 Å². The highest BCUT2D eigenvalue weighted by atomic mass is 19.4. The number of hydrogen-bond acceptors (Lipinski definition) is 4. The average molecular weight is 276 g/mol. The lowest BCUT2D eigenvalue weighted by molar-refractivity contribution is -0.283. The van der Waals surface area contributed by atoms with Crippen LogP contribution in [-0.2, 0) is 7.05 Å². The van der Waals surface area contributed by atoms with Crippen LogP contribution in [0, 0.1) is 0 Å². The molecule has 0 spiro atoms. The zero-order valence-electron chi connectivity index (χ0n) is 10.1. The number of amides is 1.